The van der Waals surface area contributed by atoms with Gasteiger partial charge in [0, 0.05) is 0 Å². The molecule has 0 saturated heterocycles. The molecule has 0 aliphatic carbocycles. The quantitative estimate of drug-likeness (QED) is 0.405. The molecule has 0 fully saturated rings. The van der Waals surface area contributed by atoms with E-state index < -0.39 is 12.3 Å². The molecule has 11 heavy (non-hydrogen) atoms. The first-order valence-corrected chi connectivity index (χ1v) is 2.59. The molecule has 0 aromatic heterocycles. The topological polar surface area (TPSA) is 143 Å². The number of hydrogen-bond donors (Lipinski definition) is 0. The summed E-state index contributed by atoms with van der Waals surface area (Å²) in [6.07, 6.45) is -4.67. The maximum atomic E-state index is 8.34. The van der Waals surface area contributed by atoms with Crippen molar-refractivity contribution in [2.75, 3.05) is 0 Å². The van der Waals surface area contributed by atoms with Crippen molar-refractivity contribution in [3.05, 3.63) is 0 Å². The first-order valence-electron chi connectivity index (χ1n) is 1.43. The summed E-state index contributed by atoms with van der Waals surface area (Å²) in [7, 11) is 0. The second-order valence-corrected chi connectivity index (χ2v) is 0.500. The first-order chi connectivity index (χ1) is 4.46. The molecule has 0 aromatic rings. The normalized spacial score (nSPS) is 4.91. The van der Waals surface area contributed by atoms with E-state index in [9.17, 15) is 0 Å². The molecule has 0 rings (SSSR count). The van der Waals surface area contributed by atoms with Crippen LogP contribution >= 0.6 is 0 Å². The third kappa shape index (κ3) is 4620. The zero-order valence-corrected chi connectivity index (χ0v) is 10.1. The van der Waals surface area contributed by atoms with Crippen molar-refractivity contribution >= 4 is 72.6 Å². The predicted octanol–water partition coefficient (Wildman–Crippen LogP) is -5.77. The van der Waals surface area contributed by atoms with E-state index in [-0.39, 0.29) is 37.7 Å². The molecule has 0 heterocycles. The Hall–Kier alpha value is 0.398. The summed E-state index contributed by atoms with van der Waals surface area (Å²) in [4.78, 5) is 16.7. The van der Waals surface area contributed by atoms with Crippen LogP contribution in [0.5, 0.6) is 0 Å². The third-order valence-electron chi connectivity index (χ3n) is 0. The second kappa shape index (κ2) is 22.4. The van der Waals surface area contributed by atoms with Gasteiger partial charge < -0.3 is 30.0 Å². The number of carbonyl (C=O) groups excluding carboxylic acids is 2. The molecule has 56 valence electrons. The van der Waals surface area contributed by atoms with Gasteiger partial charge in [-0.2, -0.15) is 0 Å². The van der Waals surface area contributed by atoms with Crippen molar-refractivity contribution in [1.29, 1.82) is 0 Å². The van der Waals surface area contributed by atoms with Gasteiger partial charge in [-0.3, -0.25) is 0 Å². The molecule has 0 saturated carbocycles. The van der Waals surface area contributed by atoms with Crippen LogP contribution in [-0.2, 0) is 3.08 Å². The number of carboxylic acid groups (broad SMARTS) is 4. The summed E-state index contributed by atoms with van der Waals surface area (Å²) < 4.78 is 8.34. The van der Waals surface area contributed by atoms with E-state index in [0.717, 1.165) is 0 Å². The van der Waals surface area contributed by atoms with Crippen molar-refractivity contribution in [3.8, 4) is 0 Å². The van der Waals surface area contributed by atoms with Gasteiger partial charge in [0.15, 0.2) is 0 Å². The molecule has 0 unspecified atom stereocenters. The fraction of sp³-hybridized carbons (Fsp3) is 0. The Kier molecular flexibility index (Phi) is 45.9. The molecule has 0 N–H and O–H groups in total. The van der Waals surface area contributed by atoms with Gasteiger partial charge in [0.1, 0.15) is 0 Å². The molecule has 0 aliphatic rings. The van der Waals surface area contributed by atoms with Crippen LogP contribution in [0.2, 0.25) is 0 Å². The molecule has 0 radical (unpaired) electrons. The van der Waals surface area contributed by atoms with Crippen molar-refractivity contribution in [2.45, 2.75) is 0 Å². The number of hydrogen-bond acceptors (Lipinski definition) is 7. The van der Waals surface area contributed by atoms with Crippen LogP contribution in [-0.4, -0.2) is 72.6 Å². The predicted molar refractivity (Wildman–Crippen MR) is 23.0 cm³/mol. The van der Waals surface area contributed by atoms with E-state index in [0.29, 0.717) is 22.5 Å². The van der Waals surface area contributed by atoms with E-state index in [4.69, 9.17) is 33.1 Å². The van der Waals surface area contributed by atoms with Crippen LogP contribution in [0.15, 0.2) is 0 Å². The van der Waals surface area contributed by atoms with Gasteiger partial charge in [-0.1, -0.05) is 0 Å². The number of rotatable bonds is 0. The summed E-state index contributed by atoms with van der Waals surface area (Å²) in [6.45, 7) is 0. The minimum atomic E-state index is -2.33. The standard InChI is InChI=1S/2CH2O3.Ca.O.Sn/c2*2-1(3)4;;;/h2*(H2,2,3,4);;;/q;;+2;;+2/p-4. The molecule has 0 aromatic carbocycles. The van der Waals surface area contributed by atoms with Crippen LogP contribution in [0.3, 0.4) is 0 Å². The zero-order chi connectivity index (χ0) is 9.15. The Bertz CT molecular complexity index is 84.6. The fourth-order valence-corrected chi connectivity index (χ4v) is 0. The Labute approximate surface area is 104 Å². The van der Waals surface area contributed by atoms with Crippen molar-refractivity contribution in [2.24, 2.45) is 0 Å². The Morgan fingerprint density at radius 3 is 0.818 bits per heavy atom. The van der Waals surface area contributed by atoms with Gasteiger partial charge in [0.2, 0.25) is 0 Å². The summed E-state index contributed by atoms with van der Waals surface area (Å²) in [6, 6.07) is 0. The van der Waals surface area contributed by atoms with E-state index in [2.05, 4.69) is 0 Å². The average molecular weight is 295 g/mol. The Balaban J connectivity index is -0.0000000339. The molecular formula is C2CaO7Sn. The third-order valence-corrected chi connectivity index (χ3v) is 0. The molecule has 9 heteroatoms. The average Bonchev–Trinajstić information content (AvgIpc) is 1.66. The zero-order valence-electron chi connectivity index (χ0n) is 5.06. The monoisotopic (exact) mass is 296 g/mol. The minimum absolute atomic E-state index is 0. The molecule has 0 atom stereocenters. The summed E-state index contributed by atoms with van der Waals surface area (Å²) >= 11 is 0.300. The summed E-state index contributed by atoms with van der Waals surface area (Å²) in [5.74, 6) is 0. The van der Waals surface area contributed by atoms with Crippen LogP contribution in [0.25, 0.3) is 0 Å². The van der Waals surface area contributed by atoms with Gasteiger partial charge in [-0.25, -0.2) is 0 Å². The van der Waals surface area contributed by atoms with Crippen LogP contribution in [0, 0.1) is 0 Å². The second-order valence-electron chi connectivity index (χ2n) is 0.500. The van der Waals surface area contributed by atoms with E-state index in [1.807, 2.05) is 0 Å². The van der Waals surface area contributed by atoms with Gasteiger partial charge in [0.25, 0.3) is 0 Å². The van der Waals surface area contributed by atoms with Crippen LogP contribution in [0.1, 0.15) is 0 Å². The fourth-order valence-electron chi connectivity index (χ4n) is 0. The van der Waals surface area contributed by atoms with E-state index >= 15 is 0 Å². The molecule has 0 spiro atoms. The van der Waals surface area contributed by atoms with E-state index in [1.165, 1.54) is 0 Å². The summed E-state index contributed by atoms with van der Waals surface area (Å²) in [5, 5.41) is 33.3. The molecule has 7 nitrogen and oxygen atoms in total. The van der Waals surface area contributed by atoms with Gasteiger partial charge in [-0.15, -0.1) is 0 Å². The number of carbonyl (C=O) groups is 2. The Morgan fingerprint density at radius 1 is 0.818 bits per heavy atom. The van der Waals surface area contributed by atoms with Crippen molar-refractivity contribution in [3.63, 3.8) is 0 Å². The van der Waals surface area contributed by atoms with Crippen LogP contribution in [0.4, 0.5) is 9.59 Å². The van der Waals surface area contributed by atoms with Crippen molar-refractivity contribution in [1.82, 2.24) is 0 Å². The molecule has 0 bridgehead atoms. The van der Waals surface area contributed by atoms with Gasteiger partial charge >= 0.3 is 63.3 Å². The van der Waals surface area contributed by atoms with Gasteiger partial charge in [-0.05, 0) is 12.3 Å². The SMILES string of the molecule is O=C([O-])[O-].O=C([O-])[O-].[Ca+2].[O]=[Sn+2]. The first kappa shape index (κ1) is 22.5. The van der Waals surface area contributed by atoms with Gasteiger partial charge in [0.05, 0.1) is 0 Å². The Morgan fingerprint density at radius 2 is 0.818 bits per heavy atom. The molecular weight excluding hydrogens is 295 g/mol. The summed E-state index contributed by atoms with van der Waals surface area (Å²) in [5.41, 5.74) is 0. The van der Waals surface area contributed by atoms with Crippen molar-refractivity contribution < 1.29 is 33.1 Å². The molecule has 0 aliphatic heterocycles. The van der Waals surface area contributed by atoms with Crippen LogP contribution < -0.4 is 20.4 Å². The van der Waals surface area contributed by atoms with E-state index in [1.54, 1.807) is 0 Å². The maximum absolute atomic E-state index is 8.34. The molecule has 0 amide bonds.